The largest absolute Gasteiger partial charge is 0.303 e. The maximum absolute atomic E-state index is 2.68. The fraction of sp³-hybridized carbons (Fsp3) is 0.727. The zero-order chi connectivity index (χ0) is 17.0. The summed E-state index contributed by atoms with van der Waals surface area (Å²) in [4.78, 5) is 2.68. The van der Waals surface area contributed by atoms with Crippen LogP contribution in [0.4, 0.5) is 0 Å². The topological polar surface area (TPSA) is 3.24 Å². The summed E-state index contributed by atoms with van der Waals surface area (Å²) < 4.78 is 0. The highest BCUT2D eigenvalue weighted by Gasteiger charge is 2.22. The molecule has 0 bridgehead atoms. The van der Waals surface area contributed by atoms with Gasteiger partial charge < -0.3 is 4.90 Å². The van der Waals surface area contributed by atoms with Gasteiger partial charge in [0, 0.05) is 13.1 Å². The lowest BCUT2D eigenvalue weighted by atomic mass is 9.80. The Labute approximate surface area is 144 Å². The second-order valence-electron chi connectivity index (χ2n) is 8.63. The second kappa shape index (κ2) is 7.83. The first kappa shape index (κ1) is 18.5. The minimum Gasteiger partial charge on any atom is -0.303 e. The highest BCUT2D eigenvalue weighted by atomic mass is 15.1. The molecular weight excluding hydrogens is 278 g/mol. The Morgan fingerprint density at radius 2 is 1.83 bits per heavy atom. The second-order valence-corrected chi connectivity index (χ2v) is 8.63. The van der Waals surface area contributed by atoms with Gasteiger partial charge in [-0.1, -0.05) is 65.8 Å². The fourth-order valence-electron chi connectivity index (χ4n) is 3.79. The van der Waals surface area contributed by atoms with Gasteiger partial charge >= 0.3 is 0 Å². The number of nitrogens with zero attached hydrogens (tertiary/aromatic N) is 1. The van der Waals surface area contributed by atoms with Crippen LogP contribution in [-0.2, 0) is 5.41 Å². The van der Waals surface area contributed by atoms with Crippen LogP contribution in [0.1, 0.15) is 77.8 Å². The standard InChI is InChI=1S/C22H37N/c1-7-22(5,6)21-12-10-20(11-13-21)19(4)18(3)16-23-14-8-9-17(2)15-23/h10-13,17-19H,7-9,14-16H2,1-6H3. The van der Waals surface area contributed by atoms with Gasteiger partial charge in [-0.05, 0) is 60.1 Å². The first-order chi connectivity index (χ1) is 10.8. The molecular formula is C22H37N. The lowest BCUT2D eigenvalue weighted by Gasteiger charge is -2.34. The number of rotatable bonds is 6. The molecule has 1 aromatic carbocycles. The molecule has 1 heteroatoms. The third kappa shape index (κ3) is 4.83. The zero-order valence-corrected chi connectivity index (χ0v) is 16.2. The van der Waals surface area contributed by atoms with E-state index in [1.54, 1.807) is 0 Å². The van der Waals surface area contributed by atoms with Crippen molar-refractivity contribution in [2.45, 2.75) is 72.1 Å². The van der Waals surface area contributed by atoms with Gasteiger partial charge in [0.1, 0.15) is 0 Å². The lowest BCUT2D eigenvalue weighted by molar-refractivity contribution is 0.156. The molecule has 0 radical (unpaired) electrons. The molecule has 1 aromatic rings. The van der Waals surface area contributed by atoms with Gasteiger partial charge in [0.15, 0.2) is 0 Å². The molecule has 1 saturated heterocycles. The normalized spacial score (nSPS) is 22.8. The molecule has 1 aliphatic rings. The van der Waals surface area contributed by atoms with Gasteiger partial charge in [-0.3, -0.25) is 0 Å². The molecule has 0 aromatic heterocycles. The van der Waals surface area contributed by atoms with Crippen molar-refractivity contribution < 1.29 is 0 Å². The highest BCUT2D eigenvalue weighted by molar-refractivity contribution is 5.30. The first-order valence-corrected chi connectivity index (χ1v) is 9.66. The molecule has 1 fully saturated rings. The Kier molecular flexibility index (Phi) is 6.31. The van der Waals surface area contributed by atoms with E-state index in [1.807, 2.05) is 0 Å². The summed E-state index contributed by atoms with van der Waals surface area (Å²) in [5.74, 6) is 2.22. The van der Waals surface area contributed by atoms with Crippen LogP contribution in [0.25, 0.3) is 0 Å². The van der Waals surface area contributed by atoms with E-state index in [-0.39, 0.29) is 5.41 Å². The van der Waals surface area contributed by atoms with Crippen molar-refractivity contribution in [1.82, 2.24) is 4.90 Å². The fourth-order valence-corrected chi connectivity index (χ4v) is 3.79. The van der Waals surface area contributed by atoms with E-state index < -0.39 is 0 Å². The summed E-state index contributed by atoms with van der Waals surface area (Å²) in [5, 5.41) is 0. The SMILES string of the molecule is CCC(C)(C)c1ccc(C(C)C(C)CN2CCCC(C)C2)cc1. The van der Waals surface area contributed by atoms with Gasteiger partial charge in [0.25, 0.3) is 0 Å². The minimum absolute atomic E-state index is 0.289. The number of piperidine rings is 1. The van der Waals surface area contributed by atoms with Crippen LogP contribution in [-0.4, -0.2) is 24.5 Å². The first-order valence-electron chi connectivity index (χ1n) is 9.66. The predicted molar refractivity (Wildman–Crippen MR) is 102 cm³/mol. The summed E-state index contributed by atoms with van der Waals surface area (Å²) in [5.41, 5.74) is 3.25. The van der Waals surface area contributed by atoms with Crippen molar-refractivity contribution in [2.75, 3.05) is 19.6 Å². The molecule has 3 unspecified atom stereocenters. The van der Waals surface area contributed by atoms with Gasteiger partial charge in [-0.15, -0.1) is 0 Å². The zero-order valence-electron chi connectivity index (χ0n) is 16.2. The average Bonchev–Trinajstić information content (AvgIpc) is 2.54. The molecule has 0 N–H and O–H groups in total. The Morgan fingerprint density at radius 1 is 1.17 bits per heavy atom. The summed E-state index contributed by atoms with van der Waals surface area (Å²) in [6.45, 7) is 18.0. The summed E-state index contributed by atoms with van der Waals surface area (Å²) >= 11 is 0. The van der Waals surface area contributed by atoms with Gasteiger partial charge in [0.05, 0.1) is 0 Å². The average molecular weight is 316 g/mol. The van der Waals surface area contributed by atoms with Crippen molar-refractivity contribution in [3.8, 4) is 0 Å². The molecule has 3 atom stereocenters. The Balaban J connectivity index is 1.97. The highest BCUT2D eigenvalue weighted by Crippen LogP contribution is 2.30. The van der Waals surface area contributed by atoms with Gasteiger partial charge in [-0.25, -0.2) is 0 Å². The van der Waals surface area contributed by atoms with Crippen LogP contribution in [0.5, 0.6) is 0 Å². The number of hydrogen-bond donors (Lipinski definition) is 0. The molecule has 0 aliphatic carbocycles. The maximum Gasteiger partial charge on any atom is 0.00129 e. The summed E-state index contributed by atoms with van der Waals surface area (Å²) in [6, 6.07) is 9.44. The molecule has 130 valence electrons. The van der Waals surface area contributed by atoms with E-state index in [2.05, 4.69) is 70.7 Å². The molecule has 0 amide bonds. The molecule has 2 rings (SSSR count). The van der Waals surface area contributed by atoms with E-state index in [9.17, 15) is 0 Å². The molecule has 23 heavy (non-hydrogen) atoms. The monoisotopic (exact) mass is 315 g/mol. The van der Waals surface area contributed by atoms with Crippen molar-refractivity contribution in [2.24, 2.45) is 11.8 Å². The van der Waals surface area contributed by atoms with Crippen LogP contribution < -0.4 is 0 Å². The van der Waals surface area contributed by atoms with Crippen LogP contribution in [0, 0.1) is 11.8 Å². The van der Waals surface area contributed by atoms with Gasteiger partial charge in [0.2, 0.25) is 0 Å². The Morgan fingerprint density at radius 3 is 2.39 bits per heavy atom. The van der Waals surface area contributed by atoms with Gasteiger partial charge in [-0.2, -0.15) is 0 Å². The quantitative estimate of drug-likeness (QED) is 0.637. The number of benzene rings is 1. The third-order valence-corrected chi connectivity index (χ3v) is 6.24. The predicted octanol–water partition coefficient (Wildman–Crippen LogP) is 5.85. The van der Waals surface area contributed by atoms with Crippen LogP contribution in [0.2, 0.25) is 0 Å². The van der Waals surface area contributed by atoms with Crippen molar-refractivity contribution in [3.63, 3.8) is 0 Å². The van der Waals surface area contributed by atoms with E-state index in [4.69, 9.17) is 0 Å². The molecule has 1 nitrogen and oxygen atoms in total. The summed E-state index contributed by atoms with van der Waals surface area (Å²) in [6.07, 6.45) is 3.98. The van der Waals surface area contributed by atoms with Crippen molar-refractivity contribution in [1.29, 1.82) is 0 Å². The van der Waals surface area contributed by atoms with E-state index >= 15 is 0 Å². The number of hydrogen-bond acceptors (Lipinski definition) is 1. The lowest BCUT2D eigenvalue weighted by Crippen LogP contribution is -2.38. The third-order valence-electron chi connectivity index (χ3n) is 6.24. The molecule has 1 aliphatic heterocycles. The Bertz CT molecular complexity index is 473. The number of likely N-dealkylation sites (tertiary alicyclic amines) is 1. The van der Waals surface area contributed by atoms with E-state index in [1.165, 1.54) is 50.0 Å². The smallest absolute Gasteiger partial charge is 0.00129 e. The van der Waals surface area contributed by atoms with E-state index in [0.29, 0.717) is 11.8 Å². The maximum atomic E-state index is 2.68. The van der Waals surface area contributed by atoms with Crippen LogP contribution in [0.3, 0.4) is 0 Å². The van der Waals surface area contributed by atoms with Crippen LogP contribution >= 0.6 is 0 Å². The van der Waals surface area contributed by atoms with E-state index in [0.717, 1.165) is 5.92 Å². The Hall–Kier alpha value is -0.820. The van der Waals surface area contributed by atoms with Crippen LogP contribution in [0.15, 0.2) is 24.3 Å². The molecule has 0 saturated carbocycles. The minimum atomic E-state index is 0.289. The molecule has 1 heterocycles. The summed E-state index contributed by atoms with van der Waals surface area (Å²) in [7, 11) is 0. The molecule has 0 spiro atoms. The van der Waals surface area contributed by atoms with Crippen molar-refractivity contribution in [3.05, 3.63) is 35.4 Å². The van der Waals surface area contributed by atoms with Crippen molar-refractivity contribution >= 4 is 0 Å².